The first-order valence-corrected chi connectivity index (χ1v) is 12.6. The first-order chi connectivity index (χ1) is 15.1. The average molecular weight is 460 g/mol. The topological polar surface area (TPSA) is 86.8 Å². The van der Waals surface area contributed by atoms with Crippen molar-refractivity contribution in [2.24, 2.45) is 0 Å². The van der Waals surface area contributed by atoms with E-state index in [0.717, 1.165) is 11.8 Å². The molecular formula is C24H33N3O4S. The third-order valence-electron chi connectivity index (χ3n) is 4.99. The van der Waals surface area contributed by atoms with Gasteiger partial charge in [0.2, 0.25) is 21.8 Å². The molecule has 0 bridgehead atoms. The normalized spacial score (nSPS) is 12.3. The highest BCUT2D eigenvalue weighted by molar-refractivity contribution is 7.92. The third kappa shape index (κ3) is 7.67. The smallest absolute Gasteiger partial charge is 0.242 e. The van der Waals surface area contributed by atoms with Gasteiger partial charge in [-0.05, 0) is 44.9 Å². The van der Waals surface area contributed by atoms with Crippen LogP contribution in [0.2, 0.25) is 0 Å². The highest BCUT2D eigenvalue weighted by Crippen LogP contribution is 2.18. The van der Waals surface area contributed by atoms with Crippen LogP contribution in [0.3, 0.4) is 0 Å². The fourth-order valence-corrected chi connectivity index (χ4v) is 4.33. The van der Waals surface area contributed by atoms with Crippen LogP contribution < -0.4 is 9.62 Å². The summed E-state index contributed by atoms with van der Waals surface area (Å²) in [6.45, 7) is 5.95. The lowest BCUT2D eigenvalue weighted by molar-refractivity contribution is -0.140. The summed E-state index contributed by atoms with van der Waals surface area (Å²) >= 11 is 0. The van der Waals surface area contributed by atoms with Crippen LogP contribution in [0.1, 0.15) is 39.2 Å². The molecule has 0 radical (unpaired) electrons. The van der Waals surface area contributed by atoms with Gasteiger partial charge >= 0.3 is 0 Å². The highest BCUT2D eigenvalue weighted by atomic mass is 32.2. The van der Waals surface area contributed by atoms with Crippen LogP contribution in [-0.2, 0) is 26.2 Å². The second-order valence-corrected chi connectivity index (χ2v) is 10.0. The van der Waals surface area contributed by atoms with Gasteiger partial charge in [-0.2, -0.15) is 0 Å². The van der Waals surface area contributed by atoms with Crippen LogP contribution in [0, 0.1) is 0 Å². The minimum atomic E-state index is -3.48. The van der Waals surface area contributed by atoms with E-state index in [0.29, 0.717) is 18.7 Å². The van der Waals surface area contributed by atoms with E-state index < -0.39 is 16.1 Å². The van der Waals surface area contributed by atoms with Gasteiger partial charge in [0, 0.05) is 25.6 Å². The van der Waals surface area contributed by atoms with Crippen LogP contribution in [-0.4, -0.2) is 50.0 Å². The number of hydrogen-bond acceptors (Lipinski definition) is 4. The van der Waals surface area contributed by atoms with E-state index in [4.69, 9.17) is 0 Å². The molecule has 0 unspecified atom stereocenters. The van der Waals surface area contributed by atoms with Crippen molar-refractivity contribution >= 4 is 27.5 Å². The van der Waals surface area contributed by atoms with Crippen molar-refractivity contribution in [3.63, 3.8) is 0 Å². The number of nitrogens with one attached hydrogen (secondary N) is 1. The van der Waals surface area contributed by atoms with Crippen molar-refractivity contribution in [1.82, 2.24) is 10.2 Å². The SMILES string of the molecule is CC(C)NC(=O)[C@@H](C)N(Cc1ccccc1)C(=O)CCCN(c1ccccc1)S(C)(=O)=O. The van der Waals surface area contributed by atoms with Gasteiger partial charge in [0.15, 0.2) is 0 Å². The number of para-hydroxylation sites is 1. The summed E-state index contributed by atoms with van der Waals surface area (Å²) in [5.41, 5.74) is 1.49. The molecule has 2 aromatic carbocycles. The second-order valence-electron chi connectivity index (χ2n) is 8.12. The standard InChI is InChI=1S/C24H33N3O4S/c1-19(2)25-24(29)20(3)26(18-21-12-7-5-8-13-21)23(28)16-11-17-27(32(4,30)31)22-14-9-6-10-15-22/h5-10,12-15,19-20H,11,16-18H2,1-4H3,(H,25,29)/t20-/m1/s1. The first-order valence-electron chi connectivity index (χ1n) is 10.8. The highest BCUT2D eigenvalue weighted by Gasteiger charge is 2.26. The number of amides is 2. The number of carbonyl (C=O) groups is 2. The Bertz CT molecular complexity index is 979. The average Bonchev–Trinajstić information content (AvgIpc) is 2.74. The zero-order chi connectivity index (χ0) is 23.7. The molecule has 8 heteroatoms. The molecule has 2 aromatic rings. The maximum absolute atomic E-state index is 13.1. The van der Waals surface area contributed by atoms with E-state index in [-0.39, 0.29) is 30.8 Å². The molecule has 0 saturated heterocycles. The van der Waals surface area contributed by atoms with Crippen molar-refractivity contribution in [1.29, 1.82) is 0 Å². The summed E-state index contributed by atoms with van der Waals surface area (Å²) in [7, 11) is -3.48. The van der Waals surface area contributed by atoms with E-state index in [1.54, 1.807) is 36.1 Å². The van der Waals surface area contributed by atoms with Gasteiger partial charge in [-0.15, -0.1) is 0 Å². The van der Waals surface area contributed by atoms with E-state index in [2.05, 4.69) is 5.32 Å². The van der Waals surface area contributed by atoms with Crippen LogP contribution in [0.5, 0.6) is 0 Å². The van der Waals surface area contributed by atoms with E-state index in [1.165, 1.54) is 4.31 Å². The second kappa shape index (κ2) is 11.7. The van der Waals surface area contributed by atoms with Gasteiger partial charge < -0.3 is 10.2 Å². The number of anilines is 1. The third-order valence-corrected chi connectivity index (χ3v) is 6.18. The lowest BCUT2D eigenvalue weighted by atomic mass is 10.1. The van der Waals surface area contributed by atoms with Crippen molar-refractivity contribution in [3.8, 4) is 0 Å². The predicted molar refractivity (Wildman–Crippen MR) is 128 cm³/mol. The van der Waals surface area contributed by atoms with Crippen molar-refractivity contribution in [2.45, 2.75) is 52.2 Å². The number of nitrogens with zero attached hydrogens (tertiary/aromatic N) is 2. The molecule has 0 aliphatic carbocycles. The molecule has 0 aliphatic heterocycles. The van der Waals surface area contributed by atoms with Gasteiger partial charge in [0.05, 0.1) is 11.9 Å². The fraction of sp³-hybridized carbons (Fsp3) is 0.417. The molecule has 0 aromatic heterocycles. The summed E-state index contributed by atoms with van der Waals surface area (Å²) in [6.07, 6.45) is 1.62. The van der Waals surface area contributed by atoms with Gasteiger partial charge in [-0.25, -0.2) is 8.42 Å². The van der Waals surface area contributed by atoms with Gasteiger partial charge in [-0.3, -0.25) is 13.9 Å². The Balaban J connectivity index is 2.12. The van der Waals surface area contributed by atoms with Crippen LogP contribution in [0.25, 0.3) is 0 Å². The molecule has 7 nitrogen and oxygen atoms in total. The number of hydrogen-bond donors (Lipinski definition) is 1. The Morgan fingerprint density at radius 2 is 1.50 bits per heavy atom. The Hall–Kier alpha value is -2.87. The van der Waals surface area contributed by atoms with Gasteiger partial charge in [0.1, 0.15) is 6.04 Å². The quantitative estimate of drug-likeness (QED) is 0.559. The molecular weight excluding hydrogens is 426 g/mol. The van der Waals surface area contributed by atoms with Crippen LogP contribution in [0.15, 0.2) is 60.7 Å². The molecule has 0 heterocycles. The monoisotopic (exact) mass is 459 g/mol. The van der Waals surface area contributed by atoms with Gasteiger partial charge in [0.25, 0.3) is 0 Å². The van der Waals surface area contributed by atoms with E-state index in [9.17, 15) is 18.0 Å². The van der Waals surface area contributed by atoms with E-state index >= 15 is 0 Å². The molecule has 2 amide bonds. The molecule has 32 heavy (non-hydrogen) atoms. The molecule has 0 aliphatic rings. The minimum absolute atomic E-state index is 0.0344. The lowest BCUT2D eigenvalue weighted by Gasteiger charge is -2.30. The maximum atomic E-state index is 13.1. The summed E-state index contributed by atoms with van der Waals surface area (Å²) in [6, 6.07) is 17.6. The molecule has 0 saturated carbocycles. The Labute approximate surface area is 191 Å². The minimum Gasteiger partial charge on any atom is -0.352 e. The Kier molecular flexibility index (Phi) is 9.26. The molecule has 1 N–H and O–H groups in total. The van der Waals surface area contributed by atoms with E-state index in [1.807, 2.05) is 50.2 Å². The largest absolute Gasteiger partial charge is 0.352 e. The zero-order valence-corrected chi connectivity index (χ0v) is 20.0. The summed E-state index contributed by atoms with van der Waals surface area (Å²) in [4.78, 5) is 27.3. The summed E-state index contributed by atoms with van der Waals surface area (Å²) in [5, 5.41) is 2.86. The van der Waals surface area contributed by atoms with Crippen LogP contribution >= 0.6 is 0 Å². The zero-order valence-electron chi connectivity index (χ0n) is 19.2. The first kappa shape index (κ1) is 25.4. The van der Waals surface area contributed by atoms with Gasteiger partial charge in [-0.1, -0.05) is 48.5 Å². The molecule has 0 fully saturated rings. The van der Waals surface area contributed by atoms with Crippen molar-refractivity contribution < 1.29 is 18.0 Å². The number of benzene rings is 2. The fourth-order valence-electron chi connectivity index (χ4n) is 3.37. The molecule has 2 rings (SSSR count). The van der Waals surface area contributed by atoms with Crippen molar-refractivity contribution in [2.75, 3.05) is 17.1 Å². The van der Waals surface area contributed by atoms with Crippen LogP contribution in [0.4, 0.5) is 5.69 Å². The number of rotatable bonds is 11. The Morgan fingerprint density at radius 3 is 2.03 bits per heavy atom. The lowest BCUT2D eigenvalue weighted by Crippen LogP contribution is -2.49. The Morgan fingerprint density at radius 1 is 0.938 bits per heavy atom. The molecule has 1 atom stereocenters. The number of sulfonamides is 1. The summed E-state index contributed by atoms with van der Waals surface area (Å²) < 4.78 is 25.8. The molecule has 0 spiro atoms. The predicted octanol–water partition coefficient (Wildman–Crippen LogP) is 3.17. The maximum Gasteiger partial charge on any atom is 0.242 e. The van der Waals surface area contributed by atoms with Crippen molar-refractivity contribution in [3.05, 3.63) is 66.2 Å². The summed E-state index contributed by atoms with van der Waals surface area (Å²) in [5.74, 6) is -0.409. The number of carbonyl (C=O) groups excluding carboxylic acids is 2. The molecule has 174 valence electrons.